The average molecular weight is 546 g/mol. The van der Waals surface area contributed by atoms with Gasteiger partial charge < -0.3 is 29.7 Å². The van der Waals surface area contributed by atoms with E-state index in [1.165, 1.54) is 4.90 Å². The van der Waals surface area contributed by atoms with Gasteiger partial charge in [0.1, 0.15) is 5.75 Å². The molecule has 1 aliphatic heterocycles. The fourth-order valence-electron chi connectivity index (χ4n) is 4.04. The number of nitrogens with one attached hydrogen (secondary N) is 1. The number of aliphatic carboxylic acids is 1. The minimum Gasteiger partial charge on any atom is -0.494 e. The molecule has 206 valence electrons. The summed E-state index contributed by atoms with van der Waals surface area (Å²) in [6, 6.07) is 10.1. The largest absolute Gasteiger partial charge is 0.494 e. The molecule has 0 spiro atoms. The number of nitrogens with zero attached hydrogens (tertiary/aromatic N) is 2. The Morgan fingerprint density at radius 1 is 1.18 bits per heavy atom. The van der Waals surface area contributed by atoms with Crippen molar-refractivity contribution in [2.24, 2.45) is 0 Å². The van der Waals surface area contributed by atoms with Gasteiger partial charge in [0, 0.05) is 24.8 Å². The van der Waals surface area contributed by atoms with Crippen molar-refractivity contribution in [2.75, 3.05) is 24.7 Å². The maximum absolute atomic E-state index is 13.7. The molecule has 0 bridgehead atoms. The van der Waals surface area contributed by atoms with Gasteiger partial charge in [0.2, 0.25) is 0 Å². The second-order valence-electron chi connectivity index (χ2n) is 10.3. The van der Waals surface area contributed by atoms with Crippen molar-refractivity contribution in [3.8, 4) is 5.75 Å². The van der Waals surface area contributed by atoms with Gasteiger partial charge in [-0.05, 0) is 63.9 Å². The normalized spacial score (nSPS) is 16.3. The van der Waals surface area contributed by atoms with E-state index in [4.69, 9.17) is 21.1 Å². The van der Waals surface area contributed by atoms with Crippen LogP contribution in [0.4, 0.5) is 10.5 Å². The fraction of sp³-hybridized carbons (Fsp3) is 0.464. The predicted octanol–water partition coefficient (Wildman–Crippen LogP) is 4.96. The monoisotopic (exact) mass is 545 g/mol. The van der Waals surface area contributed by atoms with Crippen LogP contribution in [0.2, 0.25) is 5.02 Å². The van der Waals surface area contributed by atoms with Crippen LogP contribution in [-0.2, 0) is 16.1 Å². The molecule has 1 heterocycles. The van der Waals surface area contributed by atoms with Gasteiger partial charge in [0.05, 0.1) is 29.4 Å². The quantitative estimate of drug-likeness (QED) is 0.485. The van der Waals surface area contributed by atoms with Gasteiger partial charge in [-0.25, -0.2) is 9.59 Å². The molecule has 1 aliphatic rings. The number of rotatable bonds is 8. The molecule has 10 heteroatoms. The molecule has 2 N–H and O–H groups in total. The third kappa shape index (κ3) is 7.39. The Labute approximate surface area is 228 Å². The molecule has 2 aromatic carbocycles. The van der Waals surface area contributed by atoms with Gasteiger partial charge in [-0.2, -0.15) is 0 Å². The van der Waals surface area contributed by atoms with Crippen molar-refractivity contribution >= 4 is 35.2 Å². The number of amides is 3. The van der Waals surface area contributed by atoms with Crippen molar-refractivity contribution in [2.45, 2.75) is 65.3 Å². The molecular weight excluding hydrogens is 510 g/mol. The summed E-state index contributed by atoms with van der Waals surface area (Å²) in [6.45, 7) is 10.00. The highest BCUT2D eigenvalue weighted by molar-refractivity contribution is 6.34. The number of carboxylic acid groups (broad SMARTS) is 1. The van der Waals surface area contributed by atoms with Crippen molar-refractivity contribution in [3.05, 3.63) is 58.6 Å². The third-order valence-electron chi connectivity index (χ3n) is 6.03. The Hall–Kier alpha value is -3.30. The molecule has 3 amide bonds. The lowest BCUT2D eigenvalue weighted by Crippen LogP contribution is -2.53. The minimum absolute atomic E-state index is 0.176. The third-order valence-corrected chi connectivity index (χ3v) is 6.34. The van der Waals surface area contributed by atoms with Crippen LogP contribution in [0.25, 0.3) is 0 Å². The number of fused-ring (bicyclic) bond motifs is 1. The van der Waals surface area contributed by atoms with Gasteiger partial charge in [-0.15, -0.1) is 0 Å². The minimum atomic E-state index is -1.22. The molecular formula is C28H36ClN3O6. The van der Waals surface area contributed by atoms with E-state index in [1.807, 2.05) is 58.9 Å². The predicted molar refractivity (Wildman–Crippen MR) is 146 cm³/mol. The molecule has 2 aromatic rings. The van der Waals surface area contributed by atoms with E-state index < -0.39 is 29.7 Å². The lowest BCUT2D eigenvalue weighted by Gasteiger charge is -2.31. The number of carbonyl (C=O) groups is 3. The van der Waals surface area contributed by atoms with Crippen LogP contribution in [0, 0.1) is 0 Å². The van der Waals surface area contributed by atoms with E-state index in [-0.39, 0.29) is 30.6 Å². The Bertz CT molecular complexity index is 1170. The topological polar surface area (TPSA) is 108 Å². The summed E-state index contributed by atoms with van der Waals surface area (Å²) in [7, 11) is 0. The molecule has 0 fully saturated rings. The van der Waals surface area contributed by atoms with Crippen molar-refractivity contribution in [1.29, 1.82) is 0 Å². The molecule has 1 unspecified atom stereocenters. The maximum Gasteiger partial charge on any atom is 0.328 e. The number of hydrogen-bond acceptors (Lipinski definition) is 5. The molecule has 0 saturated heterocycles. The average Bonchev–Trinajstić information content (AvgIpc) is 3.00. The van der Waals surface area contributed by atoms with Crippen LogP contribution >= 0.6 is 11.6 Å². The van der Waals surface area contributed by atoms with Gasteiger partial charge in [-0.3, -0.25) is 4.79 Å². The number of anilines is 1. The smallest absolute Gasteiger partial charge is 0.328 e. The summed E-state index contributed by atoms with van der Waals surface area (Å²) < 4.78 is 11.2. The first-order valence-corrected chi connectivity index (χ1v) is 13.0. The number of carboxylic acids is 1. The Balaban J connectivity index is 1.85. The van der Waals surface area contributed by atoms with Gasteiger partial charge in [-0.1, -0.05) is 36.7 Å². The van der Waals surface area contributed by atoms with E-state index in [2.05, 4.69) is 5.32 Å². The van der Waals surface area contributed by atoms with Crippen LogP contribution in [0.1, 0.15) is 57.0 Å². The lowest BCUT2D eigenvalue weighted by molar-refractivity contribution is -0.142. The molecule has 2 atom stereocenters. The van der Waals surface area contributed by atoms with E-state index in [1.54, 1.807) is 23.1 Å². The van der Waals surface area contributed by atoms with Crippen LogP contribution in [-0.4, -0.2) is 65.4 Å². The standard InChI is InChI=1S/C28H36ClN3O6/c1-6-13-37-20-11-12-21(22(29)14-20)25(33)32-15-18(2)31(16-19-9-7-8-10-24(19)32)27(36)30-23(26(34)35)17-38-28(3,4)5/h7-12,14,18,23H,6,13,15-17H2,1-5H3,(H,30,36)(H,34,35)/t18-,23?/m1/s1. The van der Waals surface area contributed by atoms with Gasteiger partial charge in [0.25, 0.3) is 5.91 Å². The molecule has 0 radical (unpaired) electrons. The lowest BCUT2D eigenvalue weighted by atomic mass is 10.1. The van der Waals surface area contributed by atoms with Gasteiger partial charge in [0.15, 0.2) is 6.04 Å². The fourth-order valence-corrected chi connectivity index (χ4v) is 4.29. The zero-order valence-electron chi connectivity index (χ0n) is 22.5. The molecule has 3 rings (SSSR count). The summed E-state index contributed by atoms with van der Waals surface area (Å²) in [5.41, 5.74) is 1.17. The van der Waals surface area contributed by atoms with E-state index >= 15 is 0 Å². The van der Waals surface area contributed by atoms with Crippen LogP contribution < -0.4 is 15.0 Å². The number of halogens is 1. The summed E-state index contributed by atoms with van der Waals surface area (Å²) in [5, 5.41) is 12.5. The van der Waals surface area contributed by atoms with Crippen LogP contribution in [0.5, 0.6) is 5.75 Å². The van der Waals surface area contributed by atoms with E-state index in [0.717, 1.165) is 12.0 Å². The van der Waals surface area contributed by atoms with Crippen molar-refractivity contribution in [3.63, 3.8) is 0 Å². The van der Waals surface area contributed by atoms with E-state index in [0.29, 0.717) is 23.6 Å². The second-order valence-corrected chi connectivity index (χ2v) is 10.7. The molecule has 0 saturated carbocycles. The zero-order valence-corrected chi connectivity index (χ0v) is 23.2. The number of para-hydroxylation sites is 1. The second kappa shape index (κ2) is 12.5. The Kier molecular flexibility index (Phi) is 9.62. The number of ether oxygens (including phenoxy) is 2. The summed E-state index contributed by atoms with van der Waals surface area (Å²) >= 11 is 6.48. The molecule has 9 nitrogen and oxygen atoms in total. The van der Waals surface area contributed by atoms with Crippen LogP contribution in [0.3, 0.4) is 0 Å². The summed E-state index contributed by atoms with van der Waals surface area (Å²) in [6.07, 6.45) is 0.849. The molecule has 0 aromatic heterocycles. The zero-order chi connectivity index (χ0) is 28.0. The summed E-state index contributed by atoms with van der Waals surface area (Å²) in [5.74, 6) is -0.909. The number of carbonyl (C=O) groups excluding carboxylic acids is 2. The first-order chi connectivity index (χ1) is 17.9. The first-order valence-electron chi connectivity index (χ1n) is 12.7. The highest BCUT2D eigenvalue weighted by atomic mass is 35.5. The highest BCUT2D eigenvalue weighted by Crippen LogP contribution is 2.31. The van der Waals surface area contributed by atoms with Crippen molar-refractivity contribution in [1.82, 2.24) is 10.2 Å². The maximum atomic E-state index is 13.7. The molecule has 38 heavy (non-hydrogen) atoms. The van der Waals surface area contributed by atoms with Crippen molar-refractivity contribution < 1.29 is 29.0 Å². The summed E-state index contributed by atoms with van der Waals surface area (Å²) in [4.78, 5) is 42.0. The highest BCUT2D eigenvalue weighted by Gasteiger charge is 2.34. The molecule has 0 aliphatic carbocycles. The Morgan fingerprint density at radius 3 is 2.53 bits per heavy atom. The Morgan fingerprint density at radius 2 is 1.89 bits per heavy atom. The number of hydrogen-bond donors (Lipinski definition) is 2. The van der Waals surface area contributed by atoms with Crippen LogP contribution in [0.15, 0.2) is 42.5 Å². The van der Waals surface area contributed by atoms with Gasteiger partial charge >= 0.3 is 12.0 Å². The first kappa shape index (κ1) is 29.3. The number of benzene rings is 2. The SMILES string of the molecule is CCCOc1ccc(C(=O)N2C[C@@H](C)N(C(=O)NC(COC(C)(C)C)C(=O)O)Cc3ccccc32)c(Cl)c1. The van der Waals surface area contributed by atoms with E-state index in [9.17, 15) is 19.5 Å². The number of urea groups is 1.